The minimum Gasteiger partial charge on any atom is -0.369 e. The van der Waals surface area contributed by atoms with E-state index in [4.69, 9.17) is 5.73 Å². The van der Waals surface area contributed by atoms with Crippen molar-refractivity contribution in [2.45, 2.75) is 19.8 Å². The molecule has 0 aliphatic rings. The third kappa shape index (κ3) is 2.11. The first-order valence-corrected chi connectivity index (χ1v) is 5.98. The van der Waals surface area contributed by atoms with Gasteiger partial charge in [0.1, 0.15) is 10.3 Å². The summed E-state index contributed by atoms with van der Waals surface area (Å²) in [4.78, 5) is 7.16. The zero-order valence-electron chi connectivity index (χ0n) is 9.29. The van der Waals surface area contributed by atoms with E-state index in [2.05, 4.69) is 64.0 Å². The molecule has 0 saturated carbocycles. The maximum atomic E-state index is 5.60. The molecule has 1 aromatic heterocycles. The van der Waals surface area contributed by atoms with Crippen molar-refractivity contribution in [3.05, 3.63) is 34.4 Å². The van der Waals surface area contributed by atoms with Crippen LogP contribution in [-0.2, 0) is 0 Å². The van der Waals surface area contributed by atoms with Crippen molar-refractivity contribution >= 4 is 21.9 Å². The van der Waals surface area contributed by atoms with Crippen LogP contribution >= 0.6 is 15.9 Å². The summed E-state index contributed by atoms with van der Waals surface area (Å²) in [5.74, 6) is 0.969. The Bertz CT molecular complexity index is 485. The lowest BCUT2D eigenvalue weighted by atomic mass is 10.0. The van der Waals surface area contributed by atoms with E-state index >= 15 is 0 Å². The average molecular weight is 280 g/mol. The summed E-state index contributed by atoms with van der Waals surface area (Å²) >= 11 is 3.40. The molecule has 3 nitrogen and oxygen atoms in total. The highest BCUT2D eigenvalue weighted by molar-refractivity contribution is 9.10. The van der Waals surface area contributed by atoms with E-state index in [0.717, 1.165) is 15.9 Å². The highest BCUT2D eigenvalue weighted by Crippen LogP contribution is 2.27. The zero-order chi connectivity index (χ0) is 11.7. The molecule has 2 aromatic rings. The summed E-state index contributed by atoms with van der Waals surface area (Å²) in [5, 5.41) is 0. The van der Waals surface area contributed by atoms with E-state index in [9.17, 15) is 0 Å². The van der Waals surface area contributed by atoms with Gasteiger partial charge in [-0.3, -0.25) is 0 Å². The number of halogens is 1. The number of hydrogen-bond acceptors (Lipinski definition) is 2. The Hall–Kier alpha value is -1.29. The van der Waals surface area contributed by atoms with Gasteiger partial charge >= 0.3 is 0 Å². The van der Waals surface area contributed by atoms with Gasteiger partial charge in [0.05, 0.1) is 0 Å². The number of hydrogen-bond donors (Lipinski definition) is 2. The van der Waals surface area contributed by atoms with Crippen LogP contribution in [0.3, 0.4) is 0 Å². The first-order valence-electron chi connectivity index (χ1n) is 5.19. The molecule has 2 rings (SSSR count). The molecule has 0 unspecified atom stereocenters. The summed E-state index contributed by atoms with van der Waals surface area (Å²) < 4.78 is 0.822. The van der Waals surface area contributed by atoms with Gasteiger partial charge in [-0.1, -0.05) is 38.1 Å². The van der Waals surface area contributed by atoms with E-state index in [1.807, 2.05) is 0 Å². The van der Waals surface area contributed by atoms with E-state index in [1.54, 1.807) is 0 Å². The fourth-order valence-electron chi connectivity index (χ4n) is 1.59. The second-order valence-electron chi connectivity index (χ2n) is 4.06. The van der Waals surface area contributed by atoms with Gasteiger partial charge in [-0.25, -0.2) is 4.98 Å². The lowest BCUT2D eigenvalue weighted by Gasteiger charge is -2.05. The number of nitrogens with zero attached hydrogens (tertiary/aromatic N) is 1. The zero-order valence-corrected chi connectivity index (χ0v) is 10.9. The number of nitrogens with one attached hydrogen (secondary N) is 1. The molecule has 1 aromatic carbocycles. The smallest absolute Gasteiger partial charge is 0.198 e. The lowest BCUT2D eigenvalue weighted by molar-refractivity contribution is 0.867. The Morgan fingerprint density at radius 1 is 1.25 bits per heavy atom. The number of benzene rings is 1. The van der Waals surface area contributed by atoms with E-state index in [0.29, 0.717) is 11.9 Å². The standard InChI is InChI=1S/C12H14BrN3/c1-7(2)8-3-5-9(6-4-8)10-11(13)16-12(14)15-10/h3-7H,1-2H3,(H3,14,15,16). The minimum atomic E-state index is 0.426. The van der Waals surface area contributed by atoms with Gasteiger partial charge in [0, 0.05) is 5.56 Å². The van der Waals surface area contributed by atoms with Crippen LogP contribution in [-0.4, -0.2) is 9.97 Å². The number of imidazole rings is 1. The molecule has 0 bridgehead atoms. The predicted octanol–water partition coefficient (Wildman–Crippen LogP) is 3.54. The SMILES string of the molecule is CC(C)c1ccc(-c2nc(N)[nH]c2Br)cc1. The Kier molecular flexibility index (Phi) is 3.01. The monoisotopic (exact) mass is 279 g/mol. The Labute approximate surface area is 103 Å². The molecular formula is C12H14BrN3. The molecule has 0 aliphatic heterocycles. The van der Waals surface area contributed by atoms with Crippen LogP contribution in [0.4, 0.5) is 5.95 Å². The summed E-state index contributed by atoms with van der Waals surface area (Å²) in [5.41, 5.74) is 8.83. The van der Waals surface area contributed by atoms with Crippen molar-refractivity contribution in [2.24, 2.45) is 0 Å². The van der Waals surface area contributed by atoms with Crippen molar-refractivity contribution in [2.75, 3.05) is 5.73 Å². The van der Waals surface area contributed by atoms with Gasteiger partial charge < -0.3 is 10.7 Å². The fourth-order valence-corrected chi connectivity index (χ4v) is 2.11. The molecule has 0 saturated heterocycles. The van der Waals surface area contributed by atoms with Gasteiger partial charge in [-0.05, 0) is 27.4 Å². The number of H-pyrrole nitrogens is 1. The topological polar surface area (TPSA) is 54.7 Å². The molecule has 84 valence electrons. The highest BCUT2D eigenvalue weighted by Gasteiger charge is 2.08. The largest absolute Gasteiger partial charge is 0.369 e. The molecule has 0 spiro atoms. The summed E-state index contributed by atoms with van der Waals surface area (Å²) in [6.07, 6.45) is 0. The molecule has 0 amide bonds. The van der Waals surface area contributed by atoms with Crippen LogP contribution in [0.15, 0.2) is 28.9 Å². The van der Waals surface area contributed by atoms with Crippen LogP contribution in [0.25, 0.3) is 11.3 Å². The molecule has 4 heteroatoms. The Morgan fingerprint density at radius 3 is 2.31 bits per heavy atom. The molecule has 3 N–H and O–H groups in total. The number of nitrogen functional groups attached to an aromatic ring is 1. The van der Waals surface area contributed by atoms with Gasteiger partial charge in [-0.15, -0.1) is 0 Å². The summed E-state index contributed by atoms with van der Waals surface area (Å²) in [6.45, 7) is 4.36. The van der Waals surface area contributed by atoms with Gasteiger partial charge in [0.2, 0.25) is 0 Å². The summed E-state index contributed by atoms with van der Waals surface area (Å²) in [6, 6.07) is 8.38. The Balaban J connectivity index is 2.38. The van der Waals surface area contributed by atoms with Crippen molar-refractivity contribution < 1.29 is 0 Å². The van der Waals surface area contributed by atoms with Crippen LogP contribution in [0.1, 0.15) is 25.3 Å². The maximum Gasteiger partial charge on any atom is 0.198 e. The molecule has 0 radical (unpaired) electrons. The van der Waals surface area contributed by atoms with Crippen molar-refractivity contribution in [1.82, 2.24) is 9.97 Å². The quantitative estimate of drug-likeness (QED) is 0.884. The fraction of sp³-hybridized carbons (Fsp3) is 0.250. The van der Waals surface area contributed by atoms with Crippen LogP contribution in [0, 0.1) is 0 Å². The minimum absolute atomic E-state index is 0.426. The third-order valence-corrected chi connectivity index (χ3v) is 3.10. The highest BCUT2D eigenvalue weighted by atomic mass is 79.9. The molecular weight excluding hydrogens is 266 g/mol. The van der Waals surface area contributed by atoms with Gasteiger partial charge in [-0.2, -0.15) is 0 Å². The first kappa shape index (κ1) is 11.2. The first-order chi connectivity index (χ1) is 7.58. The number of anilines is 1. The number of aromatic nitrogens is 2. The van der Waals surface area contributed by atoms with Crippen LogP contribution in [0.5, 0.6) is 0 Å². The van der Waals surface area contributed by atoms with E-state index < -0.39 is 0 Å². The van der Waals surface area contributed by atoms with Crippen LogP contribution < -0.4 is 5.73 Å². The third-order valence-electron chi connectivity index (χ3n) is 2.53. The Morgan fingerprint density at radius 2 is 1.88 bits per heavy atom. The van der Waals surface area contributed by atoms with Gasteiger partial charge in [0.25, 0.3) is 0 Å². The molecule has 16 heavy (non-hydrogen) atoms. The molecule has 0 aliphatic carbocycles. The predicted molar refractivity (Wildman–Crippen MR) is 70.2 cm³/mol. The van der Waals surface area contributed by atoms with E-state index in [-0.39, 0.29) is 0 Å². The van der Waals surface area contributed by atoms with Crippen molar-refractivity contribution in [3.8, 4) is 11.3 Å². The van der Waals surface area contributed by atoms with Crippen molar-refractivity contribution in [3.63, 3.8) is 0 Å². The second kappa shape index (κ2) is 4.29. The van der Waals surface area contributed by atoms with Crippen molar-refractivity contribution in [1.29, 1.82) is 0 Å². The number of aromatic amines is 1. The van der Waals surface area contributed by atoms with Crippen LogP contribution in [0.2, 0.25) is 0 Å². The number of rotatable bonds is 2. The molecule has 0 atom stereocenters. The molecule has 1 heterocycles. The lowest BCUT2D eigenvalue weighted by Crippen LogP contribution is -1.88. The van der Waals surface area contributed by atoms with E-state index in [1.165, 1.54) is 5.56 Å². The second-order valence-corrected chi connectivity index (χ2v) is 4.85. The van der Waals surface area contributed by atoms with Gasteiger partial charge in [0.15, 0.2) is 5.95 Å². The average Bonchev–Trinajstić information content (AvgIpc) is 2.58. The normalized spacial score (nSPS) is 11.0. The molecule has 0 fully saturated rings. The maximum absolute atomic E-state index is 5.60. The number of nitrogens with two attached hydrogens (primary N) is 1. The summed E-state index contributed by atoms with van der Waals surface area (Å²) in [7, 11) is 0.